The number of aromatic amines is 1. The number of hydrogen-bond acceptors (Lipinski definition) is 3. The van der Waals surface area contributed by atoms with Crippen molar-refractivity contribution in [2.45, 2.75) is 33.2 Å². The smallest absolute Gasteiger partial charge is 0.257 e. The molecule has 0 radical (unpaired) electrons. The lowest BCUT2D eigenvalue weighted by atomic mass is 10.1. The van der Waals surface area contributed by atoms with Crippen LogP contribution in [0.4, 0.5) is 0 Å². The highest BCUT2D eigenvalue weighted by molar-refractivity contribution is 5.96. The molecule has 5 nitrogen and oxygen atoms in total. The molecule has 1 rings (SSSR count). The van der Waals surface area contributed by atoms with Crippen molar-refractivity contribution >= 4 is 5.91 Å². The van der Waals surface area contributed by atoms with E-state index < -0.39 is 0 Å². The summed E-state index contributed by atoms with van der Waals surface area (Å²) in [4.78, 5) is 13.7. The monoisotopic (exact) mass is 220 g/mol. The quantitative estimate of drug-likeness (QED) is 0.836. The molecule has 0 saturated carbocycles. The van der Waals surface area contributed by atoms with Gasteiger partial charge in [-0.05, 0) is 20.8 Å². The van der Waals surface area contributed by atoms with E-state index in [0.29, 0.717) is 17.7 Å². The first kappa shape index (κ1) is 12.2. The molecule has 1 unspecified atom stereocenters. The van der Waals surface area contributed by atoms with E-state index in [9.17, 15) is 4.79 Å². The fourth-order valence-corrected chi connectivity index (χ4v) is 1.51. The van der Waals surface area contributed by atoms with E-state index in [1.165, 1.54) is 0 Å². The number of nitrogens with one attached hydrogen (secondary N) is 1. The zero-order chi connectivity index (χ0) is 12.3. The van der Waals surface area contributed by atoms with Crippen molar-refractivity contribution in [2.75, 3.05) is 7.05 Å². The standard InChI is InChI=1S/C11H16N4O/c1-7(5-6-12)15(4)11(16)10-8(2)13-14-9(10)3/h7H,5H2,1-4H3,(H,13,14). The summed E-state index contributed by atoms with van der Waals surface area (Å²) in [5.41, 5.74) is 2.06. The number of aryl methyl sites for hydroxylation is 2. The third-order valence-corrected chi connectivity index (χ3v) is 2.71. The molecular weight excluding hydrogens is 204 g/mol. The Labute approximate surface area is 95.1 Å². The molecule has 0 fully saturated rings. The lowest BCUT2D eigenvalue weighted by Crippen LogP contribution is -2.35. The van der Waals surface area contributed by atoms with Gasteiger partial charge in [0.05, 0.1) is 23.7 Å². The second kappa shape index (κ2) is 4.79. The minimum absolute atomic E-state index is 0.0912. The molecule has 0 saturated heterocycles. The number of hydrogen-bond donors (Lipinski definition) is 1. The Balaban J connectivity index is 2.91. The van der Waals surface area contributed by atoms with Gasteiger partial charge >= 0.3 is 0 Å². The predicted molar refractivity (Wildman–Crippen MR) is 59.8 cm³/mol. The lowest BCUT2D eigenvalue weighted by Gasteiger charge is -2.22. The van der Waals surface area contributed by atoms with Crippen molar-refractivity contribution in [3.63, 3.8) is 0 Å². The van der Waals surface area contributed by atoms with Gasteiger partial charge in [-0.15, -0.1) is 0 Å². The molecule has 1 aromatic heterocycles. The highest BCUT2D eigenvalue weighted by Crippen LogP contribution is 2.14. The molecular formula is C11H16N4O. The van der Waals surface area contributed by atoms with Gasteiger partial charge in [0, 0.05) is 18.8 Å². The van der Waals surface area contributed by atoms with Crippen LogP contribution < -0.4 is 0 Å². The Morgan fingerprint density at radius 2 is 2.25 bits per heavy atom. The third kappa shape index (κ3) is 2.22. The van der Waals surface area contributed by atoms with Crippen LogP contribution in [0.2, 0.25) is 0 Å². The maximum Gasteiger partial charge on any atom is 0.257 e. The van der Waals surface area contributed by atoms with Gasteiger partial charge in [-0.3, -0.25) is 9.89 Å². The SMILES string of the molecule is Cc1n[nH]c(C)c1C(=O)N(C)C(C)CC#N. The van der Waals surface area contributed by atoms with Crippen molar-refractivity contribution in [3.05, 3.63) is 17.0 Å². The second-order valence-corrected chi connectivity index (χ2v) is 3.94. The number of amides is 1. The van der Waals surface area contributed by atoms with Crippen LogP contribution in [0, 0.1) is 25.2 Å². The Morgan fingerprint density at radius 3 is 2.69 bits per heavy atom. The fraction of sp³-hybridized carbons (Fsp3) is 0.545. The number of carbonyl (C=O) groups is 1. The molecule has 1 N–H and O–H groups in total. The van der Waals surface area contributed by atoms with E-state index >= 15 is 0 Å². The minimum atomic E-state index is -0.0915. The Hall–Kier alpha value is -1.83. The second-order valence-electron chi connectivity index (χ2n) is 3.94. The summed E-state index contributed by atoms with van der Waals surface area (Å²) in [6.07, 6.45) is 0.332. The van der Waals surface area contributed by atoms with Gasteiger partial charge in [0.2, 0.25) is 0 Å². The van der Waals surface area contributed by atoms with Gasteiger partial charge in [0.1, 0.15) is 0 Å². The maximum absolute atomic E-state index is 12.1. The van der Waals surface area contributed by atoms with Crippen LogP contribution in [0.1, 0.15) is 35.1 Å². The highest BCUT2D eigenvalue weighted by Gasteiger charge is 2.22. The van der Waals surface area contributed by atoms with E-state index in [-0.39, 0.29) is 11.9 Å². The minimum Gasteiger partial charge on any atom is -0.338 e. The van der Waals surface area contributed by atoms with Crippen LogP contribution >= 0.6 is 0 Å². The summed E-state index contributed by atoms with van der Waals surface area (Å²) in [6, 6.07) is 1.97. The molecule has 1 heterocycles. The zero-order valence-corrected chi connectivity index (χ0v) is 10.0. The number of H-pyrrole nitrogens is 1. The first-order valence-electron chi connectivity index (χ1n) is 5.14. The number of carbonyl (C=O) groups excluding carboxylic acids is 1. The van der Waals surface area contributed by atoms with E-state index in [4.69, 9.17) is 5.26 Å². The van der Waals surface area contributed by atoms with Crippen molar-refractivity contribution in [1.82, 2.24) is 15.1 Å². The van der Waals surface area contributed by atoms with Crippen molar-refractivity contribution < 1.29 is 4.79 Å². The Morgan fingerprint density at radius 1 is 1.62 bits per heavy atom. The summed E-state index contributed by atoms with van der Waals surface area (Å²) < 4.78 is 0. The summed E-state index contributed by atoms with van der Waals surface area (Å²) in [5, 5.41) is 15.4. The van der Waals surface area contributed by atoms with Gasteiger partial charge < -0.3 is 4.90 Å². The van der Waals surface area contributed by atoms with Gasteiger partial charge in [-0.25, -0.2) is 0 Å². The maximum atomic E-state index is 12.1. The van der Waals surface area contributed by atoms with Crippen LogP contribution in [0.3, 0.4) is 0 Å². The molecule has 0 aliphatic carbocycles. The predicted octanol–water partition coefficient (Wildman–Crippen LogP) is 1.40. The first-order valence-corrected chi connectivity index (χ1v) is 5.14. The van der Waals surface area contributed by atoms with E-state index in [0.717, 1.165) is 5.69 Å². The summed E-state index contributed by atoms with van der Waals surface area (Å²) in [7, 11) is 1.70. The van der Waals surface area contributed by atoms with E-state index in [2.05, 4.69) is 16.3 Å². The number of nitrogens with zero attached hydrogens (tertiary/aromatic N) is 3. The molecule has 1 amide bonds. The summed E-state index contributed by atoms with van der Waals surface area (Å²) in [5.74, 6) is -0.0912. The van der Waals surface area contributed by atoms with Crippen LogP contribution in [0.5, 0.6) is 0 Å². The van der Waals surface area contributed by atoms with Gasteiger partial charge in [0.15, 0.2) is 0 Å². The highest BCUT2D eigenvalue weighted by atomic mass is 16.2. The molecule has 1 aromatic rings. The van der Waals surface area contributed by atoms with Crippen molar-refractivity contribution in [2.24, 2.45) is 0 Å². The Bertz CT molecular complexity index is 410. The largest absolute Gasteiger partial charge is 0.338 e. The first-order chi connectivity index (χ1) is 7.49. The number of aromatic nitrogens is 2. The molecule has 0 spiro atoms. The molecule has 0 bridgehead atoms. The van der Waals surface area contributed by atoms with Gasteiger partial charge in [-0.1, -0.05) is 0 Å². The molecule has 0 aromatic carbocycles. The van der Waals surface area contributed by atoms with Crippen LogP contribution in [0.15, 0.2) is 0 Å². The lowest BCUT2D eigenvalue weighted by molar-refractivity contribution is 0.0745. The summed E-state index contributed by atoms with van der Waals surface area (Å²) in [6.45, 7) is 5.46. The van der Waals surface area contributed by atoms with Crippen molar-refractivity contribution in [3.8, 4) is 6.07 Å². The van der Waals surface area contributed by atoms with Crippen LogP contribution in [-0.4, -0.2) is 34.1 Å². The molecule has 86 valence electrons. The molecule has 1 atom stereocenters. The van der Waals surface area contributed by atoms with E-state index in [1.807, 2.05) is 13.8 Å². The number of nitriles is 1. The molecule has 0 aliphatic rings. The third-order valence-electron chi connectivity index (χ3n) is 2.71. The van der Waals surface area contributed by atoms with E-state index in [1.54, 1.807) is 18.9 Å². The Kier molecular flexibility index (Phi) is 3.67. The average Bonchev–Trinajstić information content (AvgIpc) is 2.57. The van der Waals surface area contributed by atoms with Gasteiger partial charge in [0.25, 0.3) is 5.91 Å². The zero-order valence-electron chi connectivity index (χ0n) is 10.0. The normalized spacial score (nSPS) is 11.9. The molecule has 0 aliphatic heterocycles. The van der Waals surface area contributed by atoms with Crippen molar-refractivity contribution in [1.29, 1.82) is 5.26 Å². The molecule has 5 heteroatoms. The van der Waals surface area contributed by atoms with Crippen LogP contribution in [0.25, 0.3) is 0 Å². The number of rotatable bonds is 3. The topological polar surface area (TPSA) is 72.8 Å². The average molecular weight is 220 g/mol. The fourth-order valence-electron chi connectivity index (χ4n) is 1.51. The molecule has 16 heavy (non-hydrogen) atoms. The van der Waals surface area contributed by atoms with Crippen LogP contribution in [-0.2, 0) is 0 Å². The summed E-state index contributed by atoms with van der Waals surface area (Å²) >= 11 is 0. The van der Waals surface area contributed by atoms with Gasteiger partial charge in [-0.2, -0.15) is 10.4 Å².